The second-order valence-electron chi connectivity index (χ2n) is 6.85. The Hall–Kier alpha value is -2.52. The van der Waals surface area contributed by atoms with Crippen molar-refractivity contribution in [2.45, 2.75) is 18.2 Å². The van der Waals surface area contributed by atoms with Crippen LogP contribution < -0.4 is 15.4 Å². The Morgan fingerprint density at radius 1 is 1.10 bits per heavy atom. The fraction of sp³-hybridized carbons (Fsp3) is 0.300. The SMILES string of the molecule is CCOc1ccc(NC(=O)c2ccc(NC3=N[C@H]4CS(=O)(=O)C[C@H]4S3)cc2)cc1. The molecule has 0 aromatic heterocycles. The predicted molar refractivity (Wildman–Crippen MR) is 117 cm³/mol. The molecule has 1 amide bonds. The molecule has 0 bridgehead atoms. The van der Waals surface area contributed by atoms with E-state index < -0.39 is 9.84 Å². The van der Waals surface area contributed by atoms with E-state index >= 15 is 0 Å². The van der Waals surface area contributed by atoms with Gasteiger partial charge in [-0.25, -0.2) is 8.42 Å². The van der Waals surface area contributed by atoms with Crippen molar-refractivity contribution < 1.29 is 17.9 Å². The quantitative estimate of drug-likeness (QED) is 0.755. The summed E-state index contributed by atoms with van der Waals surface area (Å²) in [5.74, 6) is 0.866. The van der Waals surface area contributed by atoms with Gasteiger partial charge in [0.15, 0.2) is 15.0 Å². The zero-order valence-corrected chi connectivity index (χ0v) is 17.4. The number of hydrogen-bond acceptors (Lipinski definition) is 7. The number of fused-ring (bicyclic) bond motifs is 1. The van der Waals surface area contributed by atoms with Crippen LogP contribution in [0.2, 0.25) is 0 Å². The normalized spacial score (nSPS) is 21.9. The average molecular weight is 432 g/mol. The van der Waals surface area contributed by atoms with Crippen LogP contribution in [-0.2, 0) is 9.84 Å². The Bertz CT molecular complexity index is 1030. The number of amides is 1. The molecule has 9 heteroatoms. The van der Waals surface area contributed by atoms with Gasteiger partial charge in [0.25, 0.3) is 5.91 Å². The van der Waals surface area contributed by atoms with Crippen LogP contribution in [0.4, 0.5) is 11.4 Å². The third kappa shape index (κ3) is 4.73. The van der Waals surface area contributed by atoms with Crippen molar-refractivity contribution in [3.63, 3.8) is 0 Å². The number of ether oxygens (including phenoxy) is 1. The molecule has 2 aliphatic rings. The second kappa shape index (κ2) is 8.08. The predicted octanol–water partition coefficient (Wildman–Crippen LogP) is 3.02. The Labute approximate surface area is 173 Å². The summed E-state index contributed by atoms with van der Waals surface area (Å²) in [6.45, 7) is 2.51. The maximum atomic E-state index is 12.4. The van der Waals surface area contributed by atoms with E-state index in [1.807, 2.05) is 19.1 Å². The first kappa shape index (κ1) is 19.8. The van der Waals surface area contributed by atoms with E-state index in [2.05, 4.69) is 15.6 Å². The lowest BCUT2D eigenvalue weighted by atomic mass is 10.2. The Balaban J connectivity index is 1.35. The smallest absolute Gasteiger partial charge is 0.255 e. The first-order chi connectivity index (χ1) is 13.9. The summed E-state index contributed by atoms with van der Waals surface area (Å²) in [6, 6.07) is 14.1. The number of nitrogens with zero attached hydrogens (tertiary/aromatic N) is 1. The molecular formula is C20H21N3O4S2. The monoisotopic (exact) mass is 431 g/mol. The second-order valence-corrected chi connectivity index (χ2v) is 10.2. The van der Waals surface area contributed by atoms with Gasteiger partial charge in [0.2, 0.25) is 0 Å². The topological polar surface area (TPSA) is 96.9 Å². The Kier molecular flexibility index (Phi) is 5.51. The molecule has 2 N–H and O–H groups in total. The lowest BCUT2D eigenvalue weighted by Gasteiger charge is -2.09. The Morgan fingerprint density at radius 2 is 1.79 bits per heavy atom. The first-order valence-electron chi connectivity index (χ1n) is 9.28. The molecular weight excluding hydrogens is 410 g/mol. The molecule has 2 aromatic rings. The number of anilines is 2. The number of sulfone groups is 1. The van der Waals surface area contributed by atoms with Gasteiger partial charge < -0.3 is 15.4 Å². The van der Waals surface area contributed by atoms with E-state index in [4.69, 9.17) is 4.74 Å². The van der Waals surface area contributed by atoms with E-state index in [-0.39, 0.29) is 28.7 Å². The van der Waals surface area contributed by atoms with Gasteiger partial charge in [-0.1, -0.05) is 11.8 Å². The summed E-state index contributed by atoms with van der Waals surface area (Å²) >= 11 is 1.47. The van der Waals surface area contributed by atoms with Crippen LogP contribution in [0.5, 0.6) is 5.75 Å². The van der Waals surface area contributed by atoms with Gasteiger partial charge in [-0.2, -0.15) is 0 Å². The van der Waals surface area contributed by atoms with Gasteiger partial charge in [0.1, 0.15) is 5.75 Å². The van der Waals surface area contributed by atoms with E-state index in [0.717, 1.165) is 16.6 Å². The summed E-state index contributed by atoms with van der Waals surface area (Å²) in [5, 5.41) is 6.78. The minimum atomic E-state index is -2.96. The largest absolute Gasteiger partial charge is 0.494 e. The molecule has 0 radical (unpaired) electrons. The van der Waals surface area contributed by atoms with Crippen LogP contribution in [0.15, 0.2) is 53.5 Å². The number of hydrogen-bond donors (Lipinski definition) is 2. The molecule has 0 unspecified atom stereocenters. The molecule has 2 aliphatic heterocycles. The molecule has 2 atom stereocenters. The van der Waals surface area contributed by atoms with Crippen LogP contribution in [0, 0.1) is 0 Å². The fourth-order valence-electron chi connectivity index (χ4n) is 3.25. The fourth-order valence-corrected chi connectivity index (χ4v) is 6.92. The lowest BCUT2D eigenvalue weighted by Crippen LogP contribution is -2.13. The summed E-state index contributed by atoms with van der Waals surface area (Å²) in [5.41, 5.74) is 2.03. The van der Waals surface area contributed by atoms with Crippen LogP contribution in [-0.4, -0.2) is 48.9 Å². The highest BCUT2D eigenvalue weighted by Gasteiger charge is 2.42. The third-order valence-electron chi connectivity index (χ3n) is 4.64. The zero-order valence-electron chi connectivity index (χ0n) is 15.8. The van der Waals surface area contributed by atoms with Crippen LogP contribution in [0.1, 0.15) is 17.3 Å². The number of thioether (sulfide) groups is 1. The van der Waals surface area contributed by atoms with E-state index in [1.165, 1.54) is 11.8 Å². The van der Waals surface area contributed by atoms with Crippen molar-refractivity contribution in [3.8, 4) is 5.75 Å². The molecule has 0 saturated carbocycles. The van der Waals surface area contributed by atoms with Gasteiger partial charge in [-0.3, -0.25) is 9.79 Å². The van der Waals surface area contributed by atoms with Crippen molar-refractivity contribution in [2.24, 2.45) is 4.99 Å². The molecule has 1 saturated heterocycles. The number of nitrogens with one attached hydrogen (secondary N) is 2. The molecule has 4 rings (SSSR count). The Morgan fingerprint density at radius 3 is 2.45 bits per heavy atom. The van der Waals surface area contributed by atoms with E-state index in [0.29, 0.717) is 17.9 Å². The molecule has 1 fully saturated rings. The minimum absolute atomic E-state index is 0.00154. The number of carbonyl (C=O) groups is 1. The molecule has 0 aliphatic carbocycles. The lowest BCUT2D eigenvalue weighted by molar-refractivity contribution is 0.102. The molecule has 0 spiro atoms. The van der Waals surface area contributed by atoms with Gasteiger partial charge in [-0.05, 0) is 55.5 Å². The number of amidine groups is 1. The van der Waals surface area contributed by atoms with Gasteiger partial charge in [-0.15, -0.1) is 0 Å². The van der Waals surface area contributed by atoms with Crippen molar-refractivity contribution >= 4 is 44.0 Å². The van der Waals surface area contributed by atoms with Crippen molar-refractivity contribution in [2.75, 3.05) is 28.7 Å². The van der Waals surface area contributed by atoms with Crippen LogP contribution >= 0.6 is 11.8 Å². The summed E-state index contributed by atoms with van der Waals surface area (Å²) in [7, 11) is -2.96. The average Bonchev–Trinajstić information content (AvgIpc) is 3.16. The standard InChI is InChI=1S/C20H21N3O4S2/c1-2-27-16-9-7-14(8-10-16)21-19(24)13-3-5-15(6-4-13)22-20-23-17-11-29(25,26)12-18(17)28-20/h3-10,17-18H,2,11-12H2,1H3,(H,21,24)(H,22,23)/t17-,18+/m0/s1. The third-order valence-corrected chi connectivity index (χ3v) is 7.78. The molecule has 7 nitrogen and oxygen atoms in total. The molecule has 29 heavy (non-hydrogen) atoms. The van der Waals surface area contributed by atoms with Gasteiger partial charge in [0.05, 0.1) is 24.2 Å². The molecule has 2 aromatic carbocycles. The highest BCUT2D eigenvalue weighted by molar-refractivity contribution is 8.15. The number of rotatable bonds is 5. The molecule has 2 heterocycles. The minimum Gasteiger partial charge on any atom is -0.494 e. The van der Waals surface area contributed by atoms with E-state index in [9.17, 15) is 13.2 Å². The highest BCUT2D eigenvalue weighted by atomic mass is 32.2. The number of aliphatic imine (C=N–C) groups is 1. The number of carbonyl (C=O) groups excluding carboxylic acids is 1. The highest BCUT2D eigenvalue weighted by Crippen LogP contribution is 2.34. The van der Waals surface area contributed by atoms with Gasteiger partial charge in [0, 0.05) is 22.2 Å². The van der Waals surface area contributed by atoms with Gasteiger partial charge >= 0.3 is 0 Å². The summed E-state index contributed by atoms with van der Waals surface area (Å²) < 4.78 is 28.7. The first-order valence-corrected chi connectivity index (χ1v) is 12.0. The van der Waals surface area contributed by atoms with Crippen LogP contribution in [0.3, 0.4) is 0 Å². The maximum absolute atomic E-state index is 12.4. The summed E-state index contributed by atoms with van der Waals surface area (Å²) in [4.78, 5) is 16.9. The van der Waals surface area contributed by atoms with Crippen molar-refractivity contribution in [1.29, 1.82) is 0 Å². The van der Waals surface area contributed by atoms with Crippen molar-refractivity contribution in [1.82, 2.24) is 0 Å². The zero-order chi connectivity index (χ0) is 20.4. The maximum Gasteiger partial charge on any atom is 0.255 e. The van der Waals surface area contributed by atoms with Crippen LogP contribution in [0.25, 0.3) is 0 Å². The summed E-state index contributed by atoms with van der Waals surface area (Å²) in [6.07, 6.45) is 0. The van der Waals surface area contributed by atoms with E-state index in [1.54, 1.807) is 36.4 Å². The molecule has 152 valence electrons. The number of benzene rings is 2. The van der Waals surface area contributed by atoms with Crippen molar-refractivity contribution in [3.05, 3.63) is 54.1 Å².